The van der Waals surface area contributed by atoms with Crippen molar-refractivity contribution in [2.45, 2.75) is 18.9 Å². The highest BCUT2D eigenvalue weighted by Crippen LogP contribution is 2.30. The average Bonchev–Trinajstić information content (AvgIpc) is 3.18. The van der Waals surface area contributed by atoms with Crippen molar-refractivity contribution >= 4 is 23.1 Å². The summed E-state index contributed by atoms with van der Waals surface area (Å²) < 4.78 is 15.9. The molecule has 1 aromatic carbocycles. The molecule has 7 nitrogen and oxygen atoms in total. The maximum absolute atomic E-state index is 12.0. The maximum atomic E-state index is 12.0. The standard InChI is InChI=1S/C18H21N3O4/c1-23-14-7-5-12(10-16(14)24-2)20-17-8-6-13(11-19-17)21-18(22)15-4-3-9-25-15/h5-8,10-11,15H,3-4,9H2,1-2H3,(H,19,20)(H,21,22). The first-order valence-corrected chi connectivity index (χ1v) is 8.07. The Morgan fingerprint density at radius 1 is 1.16 bits per heavy atom. The number of aromatic nitrogens is 1. The summed E-state index contributed by atoms with van der Waals surface area (Å²) in [5.41, 5.74) is 1.46. The Hall–Kier alpha value is -2.80. The smallest absolute Gasteiger partial charge is 0.253 e. The third kappa shape index (κ3) is 4.19. The highest BCUT2D eigenvalue weighted by molar-refractivity contribution is 5.94. The molecule has 1 unspecified atom stereocenters. The fourth-order valence-corrected chi connectivity index (χ4v) is 2.61. The predicted octanol–water partition coefficient (Wildman–Crippen LogP) is 2.96. The topological polar surface area (TPSA) is 81.7 Å². The molecule has 1 saturated heterocycles. The number of pyridine rings is 1. The number of amides is 1. The third-order valence-electron chi connectivity index (χ3n) is 3.91. The zero-order valence-corrected chi connectivity index (χ0v) is 14.2. The molecule has 0 saturated carbocycles. The number of ether oxygens (including phenoxy) is 3. The van der Waals surface area contributed by atoms with Gasteiger partial charge in [-0.15, -0.1) is 0 Å². The minimum atomic E-state index is -0.357. The van der Waals surface area contributed by atoms with E-state index in [9.17, 15) is 4.79 Å². The fraction of sp³-hybridized carbons (Fsp3) is 0.333. The third-order valence-corrected chi connectivity index (χ3v) is 3.91. The minimum Gasteiger partial charge on any atom is -0.493 e. The van der Waals surface area contributed by atoms with Crippen LogP contribution >= 0.6 is 0 Å². The molecule has 132 valence electrons. The van der Waals surface area contributed by atoms with Crippen LogP contribution in [0.2, 0.25) is 0 Å². The highest BCUT2D eigenvalue weighted by Gasteiger charge is 2.23. The van der Waals surface area contributed by atoms with Crippen LogP contribution in [0.25, 0.3) is 0 Å². The van der Waals surface area contributed by atoms with Crippen LogP contribution in [0.15, 0.2) is 36.5 Å². The van der Waals surface area contributed by atoms with Gasteiger partial charge in [-0.3, -0.25) is 4.79 Å². The molecule has 0 bridgehead atoms. The zero-order chi connectivity index (χ0) is 17.6. The Labute approximate surface area is 146 Å². The number of hydrogen-bond donors (Lipinski definition) is 2. The first-order valence-electron chi connectivity index (χ1n) is 8.07. The summed E-state index contributed by atoms with van der Waals surface area (Å²) in [6, 6.07) is 9.10. The summed E-state index contributed by atoms with van der Waals surface area (Å²) in [5, 5.41) is 6.00. The van der Waals surface area contributed by atoms with E-state index in [1.54, 1.807) is 32.5 Å². The van der Waals surface area contributed by atoms with Crippen molar-refractivity contribution in [3.05, 3.63) is 36.5 Å². The van der Waals surface area contributed by atoms with Crippen LogP contribution in [-0.2, 0) is 9.53 Å². The normalized spacial score (nSPS) is 16.3. The van der Waals surface area contributed by atoms with Gasteiger partial charge in [0.1, 0.15) is 11.9 Å². The second kappa shape index (κ2) is 7.85. The average molecular weight is 343 g/mol. The number of carbonyl (C=O) groups is 1. The van der Waals surface area contributed by atoms with Crippen LogP contribution in [-0.4, -0.2) is 37.8 Å². The molecule has 0 spiro atoms. The molecule has 3 rings (SSSR count). The summed E-state index contributed by atoms with van der Waals surface area (Å²) in [7, 11) is 3.18. The first kappa shape index (κ1) is 17.0. The molecule has 1 atom stereocenters. The van der Waals surface area contributed by atoms with Crippen molar-refractivity contribution in [1.29, 1.82) is 0 Å². The summed E-state index contributed by atoms with van der Waals surface area (Å²) in [6.45, 7) is 0.643. The van der Waals surface area contributed by atoms with Gasteiger partial charge in [0.15, 0.2) is 11.5 Å². The molecular weight excluding hydrogens is 322 g/mol. The van der Waals surface area contributed by atoms with E-state index >= 15 is 0 Å². The Bertz CT molecular complexity index is 728. The fourth-order valence-electron chi connectivity index (χ4n) is 2.61. The Morgan fingerprint density at radius 2 is 1.96 bits per heavy atom. The highest BCUT2D eigenvalue weighted by atomic mass is 16.5. The van der Waals surface area contributed by atoms with E-state index in [2.05, 4.69) is 15.6 Å². The molecule has 1 aliphatic rings. The molecule has 2 heterocycles. The van der Waals surface area contributed by atoms with Crippen LogP contribution < -0.4 is 20.1 Å². The van der Waals surface area contributed by atoms with E-state index in [4.69, 9.17) is 14.2 Å². The van der Waals surface area contributed by atoms with E-state index in [0.717, 1.165) is 18.5 Å². The lowest BCUT2D eigenvalue weighted by atomic mass is 10.2. The number of benzene rings is 1. The molecule has 1 fully saturated rings. The van der Waals surface area contributed by atoms with E-state index in [1.807, 2.05) is 18.2 Å². The summed E-state index contributed by atoms with van der Waals surface area (Å²) in [4.78, 5) is 16.3. The second-order valence-corrected chi connectivity index (χ2v) is 5.62. The number of carbonyl (C=O) groups excluding carboxylic acids is 1. The monoisotopic (exact) mass is 343 g/mol. The van der Waals surface area contributed by atoms with Crippen molar-refractivity contribution < 1.29 is 19.0 Å². The van der Waals surface area contributed by atoms with Crippen LogP contribution in [0, 0.1) is 0 Å². The molecule has 1 aromatic heterocycles. The molecule has 1 aliphatic heterocycles. The molecule has 7 heteroatoms. The summed E-state index contributed by atoms with van der Waals surface area (Å²) >= 11 is 0. The molecule has 2 aromatic rings. The van der Waals surface area contributed by atoms with Gasteiger partial charge in [-0.2, -0.15) is 0 Å². The lowest BCUT2D eigenvalue weighted by molar-refractivity contribution is -0.124. The van der Waals surface area contributed by atoms with Gasteiger partial charge in [0, 0.05) is 18.4 Å². The predicted molar refractivity (Wildman–Crippen MR) is 94.7 cm³/mol. The number of nitrogens with zero attached hydrogens (tertiary/aromatic N) is 1. The van der Waals surface area contributed by atoms with Gasteiger partial charge in [-0.05, 0) is 37.1 Å². The van der Waals surface area contributed by atoms with Crippen molar-refractivity contribution in [2.24, 2.45) is 0 Å². The van der Waals surface area contributed by atoms with Gasteiger partial charge >= 0.3 is 0 Å². The molecule has 2 N–H and O–H groups in total. The van der Waals surface area contributed by atoms with Crippen molar-refractivity contribution in [2.75, 3.05) is 31.5 Å². The van der Waals surface area contributed by atoms with Gasteiger partial charge in [-0.25, -0.2) is 4.98 Å². The van der Waals surface area contributed by atoms with Crippen LogP contribution in [0.3, 0.4) is 0 Å². The Balaban J connectivity index is 1.63. The van der Waals surface area contributed by atoms with Gasteiger partial charge in [-0.1, -0.05) is 0 Å². The van der Waals surface area contributed by atoms with Crippen LogP contribution in [0.5, 0.6) is 11.5 Å². The largest absolute Gasteiger partial charge is 0.493 e. The maximum Gasteiger partial charge on any atom is 0.253 e. The van der Waals surface area contributed by atoms with Gasteiger partial charge < -0.3 is 24.8 Å². The molecule has 1 amide bonds. The van der Waals surface area contributed by atoms with E-state index in [0.29, 0.717) is 29.6 Å². The summed E-state index contributed by atoms with van der Waals surface area (Å²) in [6.07, 6.45) is 2.93. The van der Waals surface area contributed by atoms with Crippen molar-refractivity contribution in [3.8, 4) is 11.5 Å². The minimum absolute atomic E-state index is 0.125. The number of hydrogen-bond acceptors (Lipinski definition) is 6. The van der Waals surface area contributed by atoms with E-state index in [-0.39, 0.29) is 12.0 Å². The van der Waals surface area contributed by atoms with Gasteiger partial charge in [0.2, 0.25) is 0 Å². The molecule has 0 aliphatic carbocycles. The van der Waals surface area contributed by atoms with Crippen LogP contribution in [0.1, 0.15) is 12.8 Å². The molecule has 0 radical (unpaired) electrons. The number of nitrogens with one attached hydrogen (secondary N) is 2. The van der Waals surface area contributed by atoms with E-state index < -0.39 is 0 Å². The Morgan fingerprint density at radius 3 is 2.60 bits per heavy atom. The lowest BCUT2D eigenvalue weighted by Gasteiger charge is -2.12. The number of methoxy groups -OCH3 is 2. The van der Waals surface area contributed by atoms with Crippen LogP contribution in [0.4, 0.5) is 17.2 Å². The number of rotatable bonds is 6. The van der Waals surface area contributed by atoms with Crippen molar-refractivity contribution in [1.82, 2.24) is 4.98 Å². The summed E-state index contributed by atoms with van der Waals surface area (Å²) in [5.74, 6) is 1.82. The lowest BCUT2D eigenvalue weighted by Crippen LogP contribution is -2.26. The Kier molecular flexibility index (Phi) is 5.35. The molecular formula is C18H21N3O4. The molecule has 25 heavy (non-hydrogen) atoms. The first-order chi connectivity index (χ1) is 12.2. The SMILES string of the molecule is COc1ccc(Nc2ccc(NC(=O)C3CCCO3)cn2)cc1OC. The van der Waals surface area contributed by atoms with Gasteiger partial charge in [0.25, 0.3) is 5.91 Å². The number of anilines is 3. The van der Waals surface area contributed by atoms with E-state index in [1.165, 1.54) is 0 Å². The second-order valence-electron chi connectivity index (χ2n) is 5.62. The quantitative estimate of drug-likeness (QED) is 0.839. The van der Waals surface area contributed by atoms with Crippen molar-refractivity contribution in [3.63, 3.8) is 0 Å². The zero-order valence-electron chi connectivity index (χ0n) is 14.2. The van der Waals surface area contributed by atoms with Gasteiger partial charge in [0.05, 0.1) is 26.1 Å².